The highest BCUT2D eigenvalue weighted by molar-refractivity contribution is 7.86. The Labute approximate surface area is 149 Å². The van der Waals surface area contributed by atoms with Crippen molar-refractivity contribution in [1.29, 1.82) is 0 Å². The summed E-state index contributed by atoms with van der Waals surface area (Å²) in [6, 6.07) is 3.99. The van der Waals surface area contributed by atoms with Crippen molar-refractivity contribution in [3.8, 4) is 5.69 Å². The molecule has 0 aliphatic rings. The largest absolute Gasteiger partial charge is 0.420 e. The lowest BCUT2D eigenvalue weighted by molar-refractivity contribution is -0.385. The van der Waals surface area contributed by atoms with Crippen LogP contribution in [-0.2, 0) is 14.3 Å². The Balaban J connectivity index is 2.43. The van der Waals surface area contributed by atoms with Gasteiger partial charge in [0.1, 0.15) is 6.20 Å². The minimum atomic E-state index is -5.01. The first-order valence-corrected chi connectivity index (χ1v) is 8.70. The van der Waals surface area contributed by atoms with E-state index in [-0.39, 0.29) is 5.69 Å². The van der Waals surface area contributed by atoms with Gasteiger partial charge in [-0.3, -0.25) is 19.1 Å². The Bertz CT molecular complexity index is 953. The van der Waals surface area contributed by atoms with Crippen LogP contribution in [0.15, 0.2) is 30.5 Å². The number of rotatable bonds is 6. The van der Waals surface area contributed by atoms with E-state index in [4.69, 9.17) is 5.73 Å². The summed E-state index contributed by atoms with van der Waals surface area (Å²) in [6.45, 7) is 0. The van der Waals surface area contributed by atoms with Crippen molar-refractivity contribution in [3.05, 3.63) is 51.8 Å². The van der Waals surface area contributed by atoms with Gasteiger partial charge in [0.2, 0.25) is 5.69 Å². The molecule has 14 heteroatoms. The van der Waals surface area contributed by atoms with Crippen LogP contribution in [0, 0.1) is 10.1 Å². The monoisotopic (exact) mass is 408 g/mol. The van der Waals surface area contributed by atoms with Gasteiger partial charge in [0.25, 0.3) is 16.0 Å². The summed E-state index contributed by atoms with van der Waals surface area (Å²) in [5, 5.41) is 14.5. The van der Waals surface area contributed by atoms with E-state index in [1.54, 1.807) is 0 Å². The van der Waals surface area contributed by atoms with Crippen LogP contribution in [0.3, 0.4) is 0 Å². The molecular weight excluding hydrogens is 397 g/mol. The zero-order valence-corrected chi connectivity index (χ0v) is 14.2. The lowest BCUT2D eigenvalue weighted by atomic mass is 10.1. The van der Waals surface area contributed by atoms with Gasteiger partial charge in [0.15, 0.2) is 6.10 Å². The first kappa shape index (κ1) is 20.3. The van der Waals surface area contributed by atoms with Gasteiger partial charge in [0, 0.05) is 0 Å². The van der Waals surface area contributed by atoms with Crippen molar-refractivity contribution in [3.63, 3.8) is 0 Å². The summed E-state index contributed by atoms with van der Waals surface area (Å²) in [7, 11) is -4.40. The number of hydrogen-bond acceptors (Lipinski definition) is 7. The van der Waals surface area contributed by atoms with Gasteiger partial charge in [-0.2, -0.15) is 26.7 Å². The SMILES string of the molecule is CS(=O)(=O)OC(c1ccc(-n2cc([N+](=O)[O-])c(C(N)=O)n2)cc1)C(F)(F)F. The quantitative estimate of drug-likeness (QED) is 0.432. The molecule has 2 N–H and O–H groups in total. The first-order chi connectivity index (χ1) is 12.3. The summed E-state index contributed by atoms with van der Waals surface area (Å²) in [5.41, 5.74) is 3.23. The maximum Gasteiger partial charge on any atom is 0.420 e. The third-order valence-corrected chi connectivity index (χ3v) is 3.70. The van der Waals surface area contributed by atoms with Crippen molar-refractivity contribution in [2.45, 2.75) is 12.3 Å². The molecule has 0 saturated carbocycles. The molecule has 0 fully saturated rings. The van der Waals surface area contributed by atoms with E-state index in [0.29, 0.717) is 6.26 Å². The van der Waals surface area contributed by atoms with Crippen LogP contribution in [0.1, 0.15) is 22.2 Å². The van der Waals surface area contributed by atoms with E-state index in [1.807, 2.05) is 0 Å². The number of aromatic nitrogens is 2. The summed E-state index contributed by atoms with van der Waals surface area (Å²) in [6.07, 6.45) is -6.39. The molecule has 0 aliphatic carbocycles. The van der Waals surface area contributed by atoms with Crippen LogP contribution in [0.25, 0.3) is 5.69 Å². The molecule has 1 unspecified atom stereocenters. The van der Waals surface area contributed by atoms with Crippen molar-refractivity contribution in [1.82, 2.24) is 9.78 Å². The summed E-state index contributed by atoms with van der Waals surface area (Å²) in [4.78, 5) is 21.2. The molecule has 1 atom stereocenters. The maximum atomic E-state index is 13.1. The second kappa shape index (κ2) is 6.96. The van der Waals surface area contributed by atoms with Gasteiger partial charge in [0.05, 0.1) is 16.9 Å². The van der Waals surface area contributed by atoms with Crippen LogP contribution >= 0.6 is 0 Å². The molecule has 2 rings (SSSR count). The summed E-state index contributed by atoms with van der Waals surface area (Å²) in [5.74, 6) is -1.16. The van der Waals surface area contributed by atoms with Gasteiger partial charge < -0.3 is 5.73 Å². The Hall–Kier alpha value is -3.00. The molecular formula is C13H11F3N4O6S. The lowest BCUT2D eigenvalue weighted by Gasteiger charge is -2.19. The van der Waals surface area contributed by atoms with E-state index in [1.165, 1.54) is 0 Å². The van der Waals surface area contributed by atoms with Gasteiger partial charge in [-0.15, -0.1) is 0 Å². The maximum absolute atomic E-state index is 13.1. The predicted molar refractivity (Wildman–Crippen MR) is 83.5 cm³/mol. The number of hydrogen-bond donors (Lipinski definition) is 1. The zero-order valence-electron chi connectivity index (χ0n) is 13.4. The molecule has 146 valence electrons. The number of nitrogens with zero attached hydrogens (tertiary/aromatic N) is 3. The molecule has 0 saturated heterocycles. The third-order valence-electron chi connectivity index (χ3n) is 3.15. The van der Waals surface area contributed by atoms with Crippen molar-refractivity contribution in [2.24, 2.45) is 5.73 Å². The molecule has 2 aromatic rings. The van der Waals surface area contributed by atoms with Crippen LogP contribution < -0.4 is 5.73 Å². The van der Waals surface area contributed by atoms with Gasteiger partial charge in [-0.1, -0.05) is 12.1 Å². The number of primary amides is 1. The minimum absolute atomic E-state index is 0.0645. The molecule has 1 aromatic carbocycles. The van der Waals surface area contributed by atoms with E-state index in [2.05, 4.69) is 9.28 Å². The number of alkyl halides is 3. The molecule has 0 radical (unpaired) electrons. The number of nitrogens with two attached hydrogens (primary N) is 1. The van der Waals surface area contributed by atoms with Gasteiger partial charge >= 0.3 is 11.9 Å². The third kappa shape index (κ3) is 4.79. The Morgan fingerprint density at radius 3 is 2.26 bits per heavy atom. The zero-order chi connectivity index (χ0) is 20.6. The smallest absolute Gasteiger partial charge is 0.364 e. The first-order valence-electron chi connectivity index (χ1n) is 6.89. The number of amides is 1. The molecule has 1 heterocycles. The van der Waals surface area contributed by atoms with Crippen LogP contribution in [0.5, 0.6) is 0 Å². The number of halogens is 3. The minimum Gasteiger partial charge on any atom is -0.364 e. The Morgan fingerprint density at radius 1 is 1.33 bits per heavy atom. The standard InChI is InChI=1S/C13H11F3N4O6S/c1-27(24,25)26-11(13(14,15)16)7-2-4-8(5-3-7)19-6-9(20(22)23)10(18-19)12(17)21/h2-6,11H,1H3,(H2,17,21). The normalized spacial score (nSPS) is 13.3. The van der Waals surface area contributed by atoms with Gasteiger partial charge in [-0.25, -0.2) is 4.68 Å². The topological polar surface area (TPSA) is 147 Å². The van der Waals surface area contributed by atoms with Crippen molar-refractivity contribution < 1.29 is 35.5 Å². The van der Waals surface area contributed by atoms with Crippen molar-refractivity contribution >= 4 is 21.7 Å². The fraction of sp³-hybridized carbons (Fsp3) is 0.231. The second-order valence-corrected chi connectivity index (χ2v) is 6.84. The molecule has 10 nitrogen and oxygen atoms in total. The second-order valence-electron chi connectivity index (χ2n) is 5.24. The van der Waals surface area contributed by atoms with Crippen molar-refractivity contribution in [2.75, 3.05) is 6.26 Å². The van der Waals surface area contributed by atoms with E-state index >= 15 is 0 Å². The fourth-order valence-corrected chi connectivity index (χ4v) is 2.65. The number of benzene rings is 1. The van der Waals surface area contributed by atoms with E-state index in [9.17, 15) is 36.5 Å². The average molecular weight is 408 g/mol. The summed E-state index contributed by atoms with van der Waals surface area (Å²) < 4.78 is 66.3. The van der Waals surface area contributed by atoms with Crippen LogP contribution in [0.4, 0.5) is 18.9 Å². The molecule has 0 bridgehead atoms. The van der Waals surface area contributed by atoms with E-state index < -0.39 is 50.2 Å². The molecule has 1 aromatic heterocycles. The van der Waals surface area contributed by atoms with Crippen LogP contribution in [-0.4, -0.2) is 41.5 Å². The lowest BCUT2D eigenvalue weighted by Crippen LogP contribution is -2.25. The van der Waals surface area contributed by atoms with E-state index in [0.717, 1.165) is 35.1 Å². The highest BCUT2D eigenvalue weighted by Gasteiger charge is 2.44. The molecule has 1 amide bonds. The molecule has 27 heavy (non-hydrogen) atoms. The Morgan fingerprint density at radius 2 is 1.89 bits per heavy atom. The predicted octanol–water partition coefficient (Wildman–Crippen LogP) is 1.46. The van der Waals surface area contributed by atoms with Crippen LogP contribution in [0.2, 0.25) is 0 Å². The number of nitro groups is 1. The number of carbonyl (C=O) groups is 1. The molecule has 0 spiro atoms. The Kier molecular flexibility index (Phi) is 5.23. The number of carbonyl (C=O) groups excluding carboxylic acids is 1. The highest BCUT2D eigenvalue weighted by Crippen LogP contribution is 2.37. The fourth-order valence-electron chi connectivity index (χ4n) is 2.08. The average Bonchev–Trinajstić information content (AvgIpc) is 2.97. The highest BCUT2D eigenvalue weighted by atomic mass is 32.2. The molecule has 0 aliphatic heterocycles. The summed E-state index contributed by atoms with van der Waals surface area (Å²) >= 11 is 0. The van der Waals surface area contributed by atoms with Gasteiger partial charge in [-0.05, 0) is 17.7 Å².